The lowest BCUT2D eigenvalue weighted by Gasteiger charge is -2.15. The minimum atomic E-state index is -3.55. The molecule has 0 aliphatic rings. The molecule has 0 unspecified atom stereocenters. The van der Waals surface area contributed by atoms with Crippen molar-refractivity contribution >= 4 is 37.5 Å². The maximum absolute atomic E-state index is 11.4. The van der Waals surface area contributed by atoms with Crippen LogP contribution >= 0.6 is 0 Å². The molecule has 0 aliphatic carbocycles. The van der Waals surface area contributed by atoms with E-state index >= 15 is 0 Å². The summed E-state index contributed by atoms with van der Waals surface area (Å²) in [7, 11) is -1.91. The van der Waals surface area contributed by atoms with E-state index < -0.39 is 16.1 Å². The van der Waals surface area contributed by atoms with E-state index in [1.54, 1.807) is 7.11 Å². The number of sulfonamides is 1. The molecule has 10 heteroatoms. The van der Waals surface area contributed by atoms with Crippen molar-refractivity contribution in [3.63, 3.8) is 0 Å². The number of nitrogens with one attached hydrogen (secondary N) is 3. The van der Waals surface area contributed by atoms with Crippen molar-refractivity contribution in [1.82, 2.24) is 10.3 Å². The van der Waals surface area contributed by atoms with Gasteiger partial charge in [-0.05, 0) is 42.0 Å². The highest BCUT2D eigenvalue weighted by molar-refractivity contribution is 7.92. The van der Waals surface area contributed by atoms with E-state index in [9.17, 15) is 18.6 Å². The van der Waals surface area contributed by atoms with Crippen LogP contribution in [0.2, 0.25) is 0 Å². The molecule has 9 nitrogen and oxygen atoms in total. The molecule has 1 atom stereocenters. The van der Waals surface area contributed by atoms with Gasteiger partial charge < -0.3 is 30.0 Å². The summed E-state index contributed by atoms with van der Waals surface area (Å²) in [5, 5.41) is 25.5. The number of aliphatic hydroxyl groups is 1. The molecule has 0 aliphatic heterocycles. The van der Waals surface area contributed by atoms with E-state index in [0.29, 0.717) is 18.7 Å². The molecule has 4 aromatic rings. The number of benzene rings is 3. The number of hydrogen-bond acceptors (Lipinski definition) is 7. The van der Waals surface area contributed by atoms with Gasteiger partial charge in [0.2, 0.25) is 10.0 Å². The number of ether oxygens (including phenoxy) is 2. The van der Waals surface area contributed by atoms with Crippen LogP contribution in [-0.2, 0) is 10.0 Å². The Morgan fingerprint density at radius 3 is 2.35 bits per heavy atom. The standard InChI is InChI=1S/C24H27N3O6S/c1-32-16-4-6-18-19-7-5-17(13-21(19)26-20(18)12-16)33-10-9-25-14-24(29)15-3-8-23(28)22(11-15)27-34(2,30)31/h3-8,11-13,24-29H,9-10,14H2,1-2H3/t24-/m0/s1. The molecule has 34 heavy (non-hydrogen) atoms. The van der Waals surface area contributed by atoms with E-state index in [1.807, 2.05) is 36.4 Å². The summed E-state index contributed by atoms with van der Waals surface area (Å²) in [6.45, 7) is 1.11. The predicted octanol–water partition coefficient (Wildman–Crippen LogP) is 3.11. The highest BCUT2D eigenvalue weighted by Crippen LogP contribution is 2.31. The van der Waals surface area contributed by atoms with E-state index in [0.717, 1.165) is 39.6 Å². The zero-order chi connectivity index (χ0) is 24.3. The second-order valence-corrected chi connectivity index (χ2v) is 9.71. The Bertz CT molecular complexity index is 1420. The zero-order valence-corrected chi connectivity index (χ0v) is 19.6. The molecule has 3 aromatic carbocycles. The molecular weight excluding hydrogens is 458 g/mol. The van der Waals surface area contributed by atoms with Gasteiger partial charge in [0.05, 0.1) is 36.2 Å². The molecule has 0 spiro atoms. The number of aromatic hydroxyl groups is 1. The second-order valence-electron chi connectivity index (χ2n) is 7.96. The number of H-pyrrole nitrogens is 1. The summed E-state index contributed by atoms with van der Waals surface area (Å²) in [4.78, 5) is 3.38. The molecule has 4 rings (SSSR count). The smallest absolute Gasteiger partial charge is 0.229 e. The maximum atomic E-state index is 11.4. The van der Waals surface area contributed by atoms with E-state index in [2.05, 4.69) is 15.0 Å². The number of fused-ring (bicyclic) bond motifs is 3. The van der Waals surface area contributed by atoms with Crippen LogP contribution in [0.1, 0.15) is 11.7 Å². The Hall–Kier alpha value is -3.47. The van der Waals surface area contributed by atoms with Crippen molar-refractivity contribution in [2.45, 2.75) is 6.10 Å². The average Bonchev–Trinajstić information content (AvgIpc) is 3.16. The SMILES string of the molecule is COc1ccc2c(c1)[nH]c1cc(OCCNC[C@H](O)c3ccc(O)c(NS(C)(=O)=O)c3)ccc12. The monoisotopic (exact) mass is 485 g/mol. The number of aromatic amines is 1. The van der Waals surface area contributed by atoms with Crippen LogP contribution in [-0.4, -0.2) is 56.7 Å². The van der Waals surface area contributed by atoms with Crippen LogP contribution in [0.25, 0.3) is 21.8 Å². The van der Waals surface area contributed by atoms with Gasteiger partial charge in [0.25, 0.3) is 0 Å². The summed E-state index contributed by atoms with van der Waals surface area (Å²) in [6.07, 6.45) is 0.102. The molecule has 5 N–H and O–H groups in total. The summed E-state index contributed by atoms with van der Waals surface area (Å²) in [5.41, 5.74) is 2.45. The number of phenolic OH excluding ortho intramolecular Hbond substituents is 1. The van der Waals surface area contributed by atoms with Crippen LogP contribution in [0, 0.1) is 0 Å². The minimum absolute atomic E-state index is 0.0215. The quantitative estimate of drug-likeness (QED) is 0.172. The molecule has 180 valence electrons. The van der Waals surface area contributed by atoms with Crippen LogP contribution in [0.5, 0.6) is 17.2 Å². The highest BCUT2D eigenvalue weighted by Gasteiger charge is 2.13. The summed E-state index contributed by atoms with van der Waals surface area (Å²) in [6, 6.07) is 16.1. The summed E-state index contributed by atoms with van der Waals surface area (Å²) in [5.74, 6) is 1.30. The first kappa shape index (κ1) is 23.7. The van der Waals surface area contributed by atoms with Gasteiger partial charge >= 0.3 is 0 Å². The van der Waals surface area contributed by atoms with Crippen LogP contribution in [0.15, 0.2) is 54.6 Å². The highest BCUT2D eigenvalue weighted by atomic mass is 32.2. The second kappa shape index (κ2) is 9.80. The zero-order valence-electron chi connectivity index (χ0n) is 18.8. The third-order valence-corrected chi connectivity index (χ3v) is 5.95. The molecule has 0 amide bonds. The molecule has 1 aromatic heterocycles. The van der Waals surface area contributed by atoms with E-state index in [4.69, 9.17) is 9.47 Å². The van der Waals surface area contributed by atoms with E-state index in [-0.39, 0.29) is 18.0 Å². The first-order valence-electron chi connectivity index (χ1n) is 10.7. The molecule has 1 heterocycles. The van der Waals surface area contributed by atoms with Crippen molar-refractivity contribution in [3.8, 4) is 17.2 Å². The third kappa shape index (κ3) is 5.53. The normalized spacial score (nSPS) is 12.7. The van der Waals surface area contributed by atoms with Crippen LogP contribution in [0.4, 0.5) is 5.69 Å². The molecule has 0 bridgehead atoms. The topological polar surface area (TPSA) is 133 Å². The Balaban J connectivity index is 1.30. The molecule has 0 radical (unpaired) electrons. The number of hydrogen-bond donors (Lipinski definition) is 5. The lowest BCUT2D eigenvalue weighted by Crippen LogP contribution is -2.26. The van der Waals surface area contributed by atoms with E-state index in [1.165, 1.54) is 18.2 Å². The first-order valence-corrected chi connectivity index (χ1v) is 12.5. The van der Waals surface area contributed by atoms with Gasteiger partial charge in [-0.25, -0.2) is 8.42 Å². The summed E-state index contributed by atoms with van der Waals surface area (Å²) >= 11 is 0. The predicted molar refractivity (Wildman–Crippen MR) is 132 cm³/mol. The Morgan fingerprint density at radius 1 is 1.00 bits per heavy atom. The number of anilines is 1. The number of methoxy groups -OCH3 is 1. The van der Waals surface area contributed by atoms with Crippen molar-refractivity contribution in [3.05, 3.63) is 60.2 Å². The number of phenols is 1. The van der Waals surface area contributed by atoms with Gasteiger partial charge in [0.1, 0.15) is 23.9 Å². The fourth-order valence-electron chi connectivity index (χ4n) is 3.73. The van der Waals surface area contributed by atoms with Crippen molar-refractivity contribution < 1.29 is 28.1 Å². The van der Waals surface area contributed by atoms with Gasteiger partial charge in [-0.1, -0.05) is 6.07 Å². The number of aromatic nitrogens is 1. The molecule has 0 fully saturated rings. The van der Waals surface area contributed by atoms with Crippen molar-refractivity contribution in [1.29, 1.82) is 0 Å². The Labute approximate surface area is 197 Å². The van der Waals surface area contributed by atoms with Crippen molar-refractivity contribution in [2.75, 3.05) is 37.8 Å². The minimum Gasteiger partial charge on any atom is -0.506 e. The first-order chi connectivity index (χ1) is 16.2. The maximum Gasteiger partial charge on any atom is 0.229 e. The van der Waals surface area contributed by atoms with Gasteiger partial charge in [-0.15, -0.1) is 0 Å². The van der Waals surface area contributed by atoms with Gasteiger partial charge in [-0.2, -0.15) is 0 Å². The Morgan fingerprint density at radius 2 is 1.68 bits per heavy atom. The molecule has 0 saturated heterocycles. The number of aliphatic hydroxyl groups excluding tert-OH is 1. The summed E-state index contributed by atoms with van der Waals surface area (Å²) < 4.78 is 36.2. The molecular formula is C24H27N3O6S. The lowest BCUT2D eigenvalue weighted by molar-refractivity contribution is 0.172. The van der Waals surface area contributed by atoms with Crippen molar-refractivity contribution in [2.24, 2.45) is 0 Å². The third-order valence-electron chi connectivity index (χ3n) is 5.36. The van der Waals surface area contributed by atoms with Crippen LogP contribution < -0.4 is 19.5 Å². The van der Waals surface area contributed by atoms with Gasteiger partial charge in [-0.3, -0.25) is 4.72 Å². The van der Waals surface area contributed by atoms with Crippen LogP contribution in [0.3, 0.4) is 0 Å². The molecule has 0 saturated carbocycles. The Kier molecular flexibility index (Phi) is 6.82. The fourth-order valence-corrected chi connectivity index (χ4v) is 4.29. The average molecular weight is 486 g/mol. The van der Waals surface area contributed by atoms with Gasteiger partial charge in [0, 0.05) is 36.0 Å². The fraction of sp³-hybridized carbons (Fsp3) is 0.250. The largest absolute Gasteiger partial charge is 0.506 e. The lowest BCUT2D eigenvalue weighted by atomic mass is 10.1. The number of rotatable bonds is 10. The van der Waals surface area contributed by atoms with Gasteiger partial charge in [0.15, 0.2) is 0 Å².